The number of hydrogen-bond acceptors (Lipinski definition) is 3. The number of aryl methyl sites for hydroxylation is 2. The van der Waals surface area contributed by atoms with E-state index in [1.807, 2.05) is 43.3 Å². The lowest BCUT2D eigenvalue weighted by atomic mass is 10.1. The summed E-state index contributed by atoms with van der Waals surface area (Å²) >= 11 is 0. The van der Waals surface area contributed by atoms with Crippen molar-refractivity contribution in [2.24, 2.45) is 0 Å². The lowest BCUT2D eigenvalue weighted by molar-refractivity contribution is -0.130. The third-order valence-corrected chi connectivity index (χ3v) is 4.84. The maximum atomic E-state index is 12.8. The number of amides is 4. The first-order valence-electron chi connectivity index (χ1n) is 9.50. The van der Waals surface area contributed by atoms with Crippen LogP contribution in [-0.4, -0.2) is 35.3 Å². The normalized spacial score (nSPS) is 16.6. The number of carbonyl (C=O) groups is 3. The average Bonchev–Trinajstić information content (AvgIpc) is 2.88. The Kier molecular flexibility index (Phi) is 5.78. The van der Waals surface area contributed by atoms with Gasteiger partial charge in [0.1, 0.15) is 12.6 Å². The summed E-state index contributed by atoms with van der Waals surface area (Å²) in [4.78, 5) is 40.1. The third kappa shape index (κ3) is 4.06. The van der Waals surface area contributed by atoms with E-state index in [1.54, 1.807) is 19.1 Å². The van der Waals surface area contributed by atoms with Gasteiger partial charge in [-0.1, -0.05) is 43.2 Å². The molecule has 3 rings (SSSR count). The second kappa shape index (κ2) is 8.25. The van der Waals surface area contributed by atoms with Gasteiger partial charge in [0.05, 0.1) is 0 Å². The molecule has 0 saturated carbocycles. The maximum Gasteiger partial charge on any atom is 0.332 e. The van der Waals surface area contributed by atoms with Crippen LogP contribution in [0.3, 0.4) is 0 Å². The van der Waals surface area contributed by atoms with Crippen LogP contribution in [0.4, 0.5) is 16.2 Å². The second-order valence-corrected chi connectivity index (χ2v) is 7.08. The topological polar surface area (TPSA) is 69.7 Å². The number of anilines is 2. The van der Waals surface area contributed by atoms with Gasteiger partial charge < -0.3 is 5.32 Å². The molecule has 0 spiro atoms. The van der Waals surface area contributed by atoms with Gasteiger partial charge in [0.2, 0.25) is 5.91 Å². The van der Waals surface area contributed by atoms with Gasteiger partial charge in [0.25, 0.3) is 5.91 Å². The van der Waals surface area contributed by atoms with Crippen LogP contribution in [0.2, 0.25) is 0 Å². The zero-order valence-electron chi connectivity index (χ0n) is 16.4. The Morgan fingerprint density at radius 1 is 1.04 bits per heavy atom. The molecule has 6 heteroatoms. The molecule has 0 aliphatic carbocycles. The number of carbonyl (C=O) groups excluding carboxylic acids is 3. The SMILES string of the molecule is CCCc1ccc(NC(=O)CN2C(=O)C(C)N(c3ccc(C)cc3)C2=O)cc1. The zero-order valence-corrected chi connectivity index (χ0v) is 16.4. The smallest absolute Gasteiger partial charge is 0.325 e. The van der Waals surface area contributed by atoms with E-state index in [9.17, 15) is 14.4 Å². The van der Waals surface area contributed by atoms with E-state index in [2.05, 4.69) is 12.2 Å². The molecular weight excluding hydrogens is 354 g/mol. The molecular formula is C22H25N3O3. The molecule has 2 aromatic carbocycles. The fourth-order valence-electron chi connectivity index (χ4n) is 3.30. The first-order valence-corrected chi connectivity index (χ1v) is 9.50. The van der Waals surface area contributed by atoms with E-state index in [-0.39, 0.29) is 12.5 Å². The Balaban J connectivity index is 1.67. The monoisotopic (exact) mass is 379 g/mol. The molecule has 6 nitrogen and oxygen atoms in total. The van der Waals surface area contributed by atoms with Crippen LogP contribution in [0.15, 0.2) is 48.5 Å². The van der Waals surface area contributed by atoms with Crippen LogP contribution in [0.25, 0.3) is 0 Å². The number of rotatable bonds is 6. The minimum Gasteiger partial charge on any atom is -0.325 e. The number of benzene rings is 2. The van der Waals surface area contributed by atoms with Crippen molar-refractivity contribution in [3.63, 3.8) is 0 Å². The first-order chi connectivity index (χ1) is 13.4. The summed E-state index contributed by atoms with van der Waals surface area (Å²) in [5.41, 5.74) is 3.56. The van der Waals surface area contributed by atoms with E-state index in [0.29, 0.717) is 11.4 Å². The van der Waals surface area contributed by atoms with Gasteiger partial charge in [-0.05, 0) is 50.1 Å². The first kappa shape index (κ1) is 19.6. The fraction of sp³-hybridized carbons (Fsp3) is 0.318. The average molecular weight is 379 g/mol. The van der Waals surface area contributed by atoms with E-state index in [4.69, 9.17) is 0 Å². The standard InChI is InChI=1S/C22H25N3O3/c1-4-5-17-8-10-18(11-9-17)23-20(26)14-24-21(27)16(3)25(22(24)28)19-12-6-15(2)7-13-19/h6-13,16H,4-5,14H2,1-3H3,(H,23,26). The molecule has 28 heavy (non-hydrogen) atoms. The molecule has 0 bridgehead atoms. The van der Waals surface area contributed by atoms with Crippen LogP contribution in [0.5, 0.6) is 0 Å². The van der Waals surface area contributed by atoms with Crippen LogP contribution < -0.4 is 10.2 Å². The molecule has 1 saturated heterocycles. The van der Waals surface area contributed by atoms with Crippen molar-refractivity contribution < 1.29 is 14.4 Å². The summed E-state index contributed by atoms with van der Waals surface area (Å²) in [7, 11) is 0. The molecule has 0 radical (unpaired) electrons. The number of nitrogens with zero attached hydrogens (tertiary/aromatic N) is 2. The summed E-state index contributed by atoms with van der Waals surface area (Å²) < 4.78 is 0. The van der Waals surface area contributed by atoms with E-state index >= 15 is 0 Å². The van der Waals surface area contributed by atoms with E-state index in [0.717, 1.165) is 23.3 Å². The maximum absolute atomic E-state index is 12.8. The summed E-state index contributed by atoms with van der Waals surface area (Å²) in [5.74, 6) is -0.776. The molecule has 1 unspecified atom stereocenters. The Hall–Kier alpha value is -3.15. The molecule has 0 aromatic heterocycles. The molecule has 1 heterocycles. The third-order valence-electron chi connectivity index (χ3n) is 4.84. The molecule has 1 aliphatic heterocycles. The van der Waals surface area contributed by atoms with Gasteiger partial charge in [-0.15, -0.1) is 0 Å². The molecule has 4 amide bonds. The molecule has 1 fully saturated rings. The van der Waals surface area contributed by atoms with Gasteiger partial charge in [0, 0.05) is 11.4 Å². The highest BCUT2D eigenvalue weighted by atomic mass is 16.2. The lowest BCUT2D eigenvalue weighted by Crippen LogP contribution is -2.39. The minimum atomic E-state index is -0.642. The number of hydrogen-bond donors (Lipinski definition) is 1. The van der Waals surface area contributed by atoms with Crippen molar-refractivity contribution >= 4 is 29.2 Å². The van der Waals surface area contributed by atoms with Crippen molar-refractivity contribution in [3.05, 3.63) is 59.7 Å². The van der Waals surface area contributed by atoms with E-state index in [1.165, 1.54) is 10.5 Å². The Bertz CT molecular complexity index is 875. The van der Waals surface area contributed by atoms with Crippen molar-refractivity contribution in [2.75, 3.05) is 16.8 Å². The van der Waals surface area contributed by atoms with Crippen LogP contribution >= 0.6 is 0 Å². The fourth-order valence-corrected chi connectivity index (χ4v) is 3.30. The predicted molar refractivity (Wildman–Crippen MR) is 109 cm³/mol. The van der Waals surface area contributed by atoms with Crippen molar-refractivity contribution in [1.29, 1.82) is 0 Å². The van der Waals surface area contributed by atoms with Gasteiger partial charge in [-0.3, -0.25) is 19.4 Å². The van der Waals surface area contributed by atoms with E-state index < -0.39 is 18.0 Å². The van der Waals surface area contributed by atoms with Gasteiger partial charge >= 0.3 is 6.03 Å². The molecule has 2 aromatic rings. The number of imide groups is 1. The number of nitrogens with one attached hydrogen (secondary N) is 1. The van der Waals surface area contributed by atoms with Crippen molar-refractivity contribution in [1.82, 2.24) is 4.90 Å². The highest BCUT2D eigenvalue weighted by Crippen LogP contribution is 2.26. The minimum absolute atomic E-state index is 0.304. The number of urea groups is 1. The predicted octanol–water partition coefficient (Wildman–Crippen LogP) is 3.74. The molecule has 1 N–H and O–H groups in total. The highest BCUT2D eigenvalue weighted by Gasteiger charge is 2.43. The molecule has 1 atom stereocenters. The van der Waals surface area contributed by atoms with Gasteiger partial charge in [-0.25, -0.2) is 4.79 Å². The largest absolute Gasteiger partial charge is 0.332 e. The molecule has 1 aliphatic rings. The summed E-state index contributed by atoms with van der Waals surface area (Å²) in [6, 6.07) is 13.9. The van der Waals surface area contributed by atoms with Crippen molar-refractivity contribution in [2.45, 2.75) is 39.7 Å². The highest BCUT2D eigenvalue weighted by molar-refractivity contribution is 6.16. The van der Waals surface area contributed by atoms with Gasteiger partial charge in [-0.2, -0.15) is 0 Å². The zero-order chi connectivity index (χ0) is 20.3. The van der Waals surface area contributed by atoms with Crippen LogP contribution in [0, 0.1) is 6.92 Å². The quantitative estimate of drug-likeness (QED) is 0.777. The Morgan fingerprint density at radius 3 is 2.29 bits per heavy atom. The Morgan fingerprint density at radius 2 is 1.68 bits per heavy atom. The summed E-state index contributed by atoms with van der Waals surface area (Å²) in [5, 5.41) is 2.75. The lowest BCUT2D eigenvalue weighted by Gasteiger charge is -2.19. The van der Waals surface area contributed by atoms with Crippen LogP contribution in [-0.2, 0) is 16.0 Å². The summed E-state index contributed by atoms with van der Waals surface area (Å²) in [6.45, 7) is 5.43. The van der Waals surface area contributed by atoms with Crippen LogP contribution in [0.1, 0.15) is 31.4 Å². The summed E-state index contributed by atoms with van der Waals surface area (Å²) in [6.07, 6.45) is 2.04. The molecule has 146 valence electrons. The van der Waals surface area contributed by atoms with Gasteiger partial charge in [0.15, 0.2) is 0 Å². The second-order valence-electron chi connectivity index (χ2n) is 7.08. The van der Waals surface area contributed by atoms with Crippen molar-refractivity contribution in [3.8, 4) is 0 Å². The Labute approximate surface area is 165 Å².